The summed E-state index contributed by atoms with van der Waals surface area (Å²) in [6.45, 7) is -0.159. The van der Waals surface area contributed by atoms with Crippen LogP contribution in [-0.4, -0.2) is 49.4 Å². The van der Waals surface area contributed by atoms with Gasteiger partial charge in [0.05, 0.1) is 13.7 Å². The van der Waals surface area contributed by atoms with Crippen LogP contribution in [0.3, 0.4) is 0 Å². The molecular weight excluding hydrogens is 368 g/mol. The Morgan fingerprint density at radius 1 is 1.14 bits per heavy atom. The van der Waals surface area contributed by atoms with Crippen molar-refractivity contribution < 1.29 is 14.3 Å². The lowest BCUT2D eigenvalue weighted by atomic mass is 9.95. The van der Waals surface area contributed by atoms with Gasteiger partial charge in [0.1, 0.15) is 23.2 Å². The second kappa shape index (κ2) is 8.40. The third kappa shape index (κ3) is 4.01. The van der Waals surface area contributed by atoms with Crippen LogP contribution in [0, 0.1) is 11.3 Å². The number of nitrogens with one attached hydrogen (secondary N) is 1. The van der Waals surface area contributed by atoms with Crippen LogP contribution in [0.15, 0.2) is 48.5 Å². The van der Waals surface area contributed by atoms with E-state index in [0.717, 1.165) is 5.56 Å². The van der Waals surface area contributed by atoms with Crippen molar-refractivity contribution in [2.45, 2.75) is 0 Å². The Balaban J connectivity index is 2.19. The molecule has 0 saturated carbocycles. The minimum absolute atomic E-state index is 0.0884. The number of pyridine rings is 1. The van der Waals surface area contributed by atoms with E-state index in [1.165, 1.54) is 4.90 Å². The Kier molecular flexibility index (Phi) is 5.74. The molecule has 0 fully saturated rings. The molecule has 3 aromatic rings. The summed E-state index contributed by atoms with van der Waals surface area (Å²) in [5, 5.41) is 13.5. The van der Waals surface area contributed by atoms with Crippen LogP contribution in [0.1, 0.15) is 16.2 Å². The quantitative estimate of drug-likeness (QED) is 0.725. The summed E-state index contributed by atoms with van der Waals surface area (Å²) >= 11 is 0. The maximum absolute atomic E-state index is 12.8. The molecule has 0 bridgehead atoms. The lowest BCUT2D eigenvalue weighted by Gasteiger charge is -2.15. The van der Waals surface area contributed by atoms with Gasteiger partial charge in [0.2, 0.25) is 5.91 Å². The van der Waals surface area contributed by atoms with Crippen molar-refractivity contribution in [3.8, 4) is 22.9 Å². The van der Waals surface area contributed by atoms with Crippen LogP contribution < -0.4 is 10.1 Å². The number of benzene rings is 2. The number of hydrogen-bond donors (Lipinski definition) is 1. The number of nitriles is 1. The second-order valence-corrected chi connectivity index (χ2v) is 6.54. The molecule has 29 heavy (non-hydrogen) atoms. The van der Waals surface area contributed by atoms with Crippen LogP contribution in [0.4, 0.5) is 0 Å². The van der Waals surface area contributed by atoms with E-state index in [1.54, 1.807) is 39.4 Å². The van der Waals surface area contributed by atoms with Gasteiger partial charge in [-0.2, -0.15) is 5.26 Å². The van der Waals surface area contributed by atoms with Crippen LogP contribution in [0.5, 0.6) is 5.75 Å². The molecule has 7 heteroatoms. The SMILES string of the molecule is COc1ccc2c(C(=O)NCC(=O)N(C)C)nc(C#N)c(-c3ccccc3)c2c1. The summed E-state index contributed by atoms with van der Waals surface area (Å²) < 4.78 is 5.34. The van der Waals surface area contributed by atoms with Crippen molar-refractivity contribution in [2.75, 3.05) is 27.7 Å². The van der Waals surface area contributed by atoms with Crippen molar-refractivity contribution in [3.05, 3.63) is 59.9 Å². The van der Waals surface area contributed by atoms with Crippen molar-refractivity contribution in [3.63, 3.8) is 0 Å². The van der Waals surface area contributed by atoms with E-state index >= 15 is 0 Å². The zero-order valence-corrected chi connectivity index (χ0v) is 16.4. The van der Waals surface area contributed by atoms with Gasteiger partial charge in [-0.15, -0.1) is 0 Å². The van der Waals surface area contributed by atoms with E-state index in [9.17, 15) is 14.9 Å². The highest BCUT2D eigenvalue weighted by Crippen LogP contribution is 2.34. The molecule has 1 aromatic heterocycles. The van der Waals surface area contributed by atoms with Gasteiger partial charge in [-0.25, -0.2) is 4.98 Å². The van der Waals surface area contributed by atoms with E-state index in [4.69, 9.17) is 4.74 Å². The molecule has 3 rings (SSSR count). The number of amides is 2. The fourth-order valence-corrected chi connectivity index (χ4v) is 2.97. The number of nitrogens with zero attached hydrogens (tertiary/aromatic N) is 3. The van der Waals surface area contributed by atoms with Gasteiger partial charge in [0, 0.05) is 25.0 Å². The van der Waals surface area contributed by atoms with Crippen LogP contribution in [0.2, 0.25) is 0 Å². The van der Waals surface area contributed by atoms with Crippen molar-refractivity contribution >= 4 is 22.6 Å². The highest BCUT2D eigenvalue weighted by Gasteiger charge is 2.21. The van der Waals surface area contributed by atoms with Gasteiger partial charge >= 0.3 is 0 Å². The number of fused-ring (bicyclic) bond motifs is 1. The molecule has 1 heterocycles. The zero-order chi connectivity index (χ0) is 21.0. The molecule has 7 nitrogen and oxygen atoms in total. The smallest absolute Gasteiger partial charge is 0.271 e. The molecule has 0 aliphatic rings. The minimum Gasteiger partial charge on any atom is -0.497 e. The van der Waals surface area contributed by atoms with E-state index in [1.807, 2.05) is 30.3 Å². The molecule has 0 radical (unpaired) electrons. The summed E-state index contributed by atoms with van der Waals surface area (Å²) in [5.74, 6) is -0.170. The first-order valence-electron chi connectivity index (χ1n) is 8.92. The van der Waals surface area contributed by atoms with E-state index in [-0.39, 0.29) is 23.8 Å². The van der Waals surface area contributed by atoms with E-state index < -0.39 is 5.91 Å². The maximum Gasteiger partial charge on any atom is 0.271 e. The average Bonchev–Trinajstić information content (AvgIpc) is 2.75. The number of aromatic nitrogens is 1. The van der Waals surface area contributed by atoms with Gasteiger partial charge in [-0.3, -0.25) is 9.59 Å². The lowest BCUT2D eigenvalue weighted by Crippen LogP contribution is -2.36. The highest BCUT2D eigenvalue weighted by atomic mass is 16.5. The number of rotatable bonds is 5. The molecule has 0 aliphatic heterocycles. The Morgan fingerprint density at radius 3 is 2.48 bits per heavy atom. The van der Waals surface area contributed by atoms with Crippen LogP contribution in [0.25, 0.3) is 21.9 Å². The predicted molar refractivity (Wildman–Crippen MR) is 109 cm³/mol. The molecule has 2 amide bonds. The van der Waals surface area contributed by atoms with Crippen LogP contribution in [-0.2, 0) is 4.79 Å². The summed E-state index contributed by atoms with van der Waals surface area (Å²) in [4.78, 5) is 30.3. The van der Waals surface area contributed by atoms with E-state index in [0.29, 0.717) is 22.1 Å². The van der Waals surface area contributed by atoms with Gasteiger partial charge < -0.3 is 15.0 Å². The standard InChI is InChI=1S/C22H20N4O3/c1-26(2)19(27)13-24-22(28)21-16-10-9-15(29-3)11-17(16)20(18(12-23)25-21)14-7-5-4-6-8-14/h4-11H,13H2,1-3H3,(H,24,28). The summed E-state index contributed by atoms with van der Waals surface area (Å²) in [6.07, 6.45) is 0. The highest BCUT2D eigenvalue weighted by molar-refractivity contribution is 6.11. The maximum atomic E-state index is 12.8. The zero-order valence-electron chi connectivity index (χ0n) is 16.4. The first-order chi connectivity index (χ1) is 14.0. The average molecular weight is 388 g/mol. The molecule has 0 atom stereocenters. The summed E-state index contributed by atoms with van der Waals surface area (Å²) in [7, 11) is 4.77. The van der Waals surface area contributed by atoms with Gasteiger partial charge in [-0.05, 0) is 29.1 Å². The number of hydrogen-bond acceptors (Lipinski definition) is 5. The fraction of sp³-hybridized carbons (Fsp3) is 0.182. The second-order valence-electron chi connectivity index (χ2n) is 6.54. The first-order valence-corrected chi connectivity index (χ1v) is 8.92. The fourth-order valence-electron chi connectivity index (χ4n) is 2.97. The van der Waals surface area contributed by atoms with Crippen molar-refractivity contribution in [1.82, 2.24) is 15.2 Å². The summed E-state index contributed by atoms with van der Waals surface area (Å²) in [5.41, 5.74) is 1.65. The summed E-state index contributed by atoms with van der Waals surface area (Å²) in [6, 6.07) is 16.7. The first kappa shape index (κ1) is 19.8. The van der Waals surface area contributed by atoms with Crippen LogP contribution >= 0.6 is 0 Å². The number of likely N-dealkylation sites (N-methyl/N-ethyl adjacent to an activating group) is 1. The largest absolute Gasteiger partial charge is 0.497 e. The molecule has 146 valence electrons. The Morgan fingerprint density at radius 2 is 1.86 bits per heavy atom. The minimum atomic E-state index is -0.522. The lowest BCUT2D eigenvalue weighted by molar-refractivity contribution is -0.127. The molecule has 1 N–H and O–H groups in total. The molecule has 2 aromatic carbocycles. The Labute approximate surface area is 168 Å². The molecule has 0 saturated heterocycles. The number of carbonyl (C=O) groups excluding carboxylic acids is 2. The monoisotopic (exact) mass is 388 g/mol. The van der Waals surface area contributed by atoms with Gasteiger partial charge in [0.15, 0.2) is 0 Å². The Bertz CT molecular complexity index is 1120. The molecule has 0 spiro atoms. The normalized spacial score (nSPS) is 10.3. The van der Waals surface area contributed by atoms with Crippen molar-refractivity contribution in [1.29, 1.82) is 5.26 Å². The molecule has 0 aliphatic carbocycles. The topological polar surface area (TPSA) is 95.3 Å². The predicted octanol–water partition coefficient (Wildman–Crippen LogP) is 2.60. The third-order valence-electron chi connectivity index (χ3n) is 4.49. The van der Waals surface area contributed by atoms with Gasteiger partial charge in [-0.1, -0.05) is 30.3 Å². The Hall–Kier alpha value is -3.92. The van der Waals surface area contributed by atoms with E-state index in [2.05, 4.69) is 16.4 Å². The molecular formula is C22H20N4O3. The number of ether oxygens (including phenoxy) is 1. The van der Waals surface area contributed by atoms with Crippen molar-refractivity contribution in [2.24, 2.45) is 0 Å². The number of methoxy groups -OCH3 is 1. The van der Waals surface area contributed by atoms with Gasteiger partial charge in [0.25, 0.3) is 5.91 Å². The number of carbonyl (C=O) groups is 2. The third-order valence-corrected chi connectivity index (χ3v) is 4.49. The molecule has 0 unspecified atom stereocenters.